The second-order valence-corrected chi connectivity index (χ2v) is 4.36. The standard InChI is InChI=1S/C10H16O3/c1-7(9(11)12)8-3-6-10(13-8)4-2-5-10/h7-8H,2-6H2,1H3,(H,11,12). The second-order valence-electron chi connectivity index (χ2n) is 4.36. The van der Waals surface area contributed by atoms with Crippen LogP contribution in [0.2, 0.25) is 0 Å². The zero-order valence-electron chi connectivity index (χ0n) is 7.95. The van der Waals surface area contributed by atoms with Crippen molar-refractivity contribution >= 4 is 5.97 Å². The van der Waals surface area contributed by atoms with Gasteiger partial charge in [0.1, 0.15) is 0 Å². The van der Waals surface area contributed by atoms with E-state index in [2.05, 4.69) is 0 Å². The second kappa shape index (κ2) is 2.98. The molecule has 3 nitrogen and oxygen atoms in total. The fourth-order valence-electron chi connectivity index (χ4n) is 2.29. The summed E-state index contributed by atoms with van der Waals surface area (Å²) in [4.78, 5) is 10.7. The maximum Gasteiger partial charge on any atom is 0.308 e. The zero-order valence-corrected chi connectivity index (χ0v) is 7.95. The highest BCUT2D eigenvalue weighted by Crippen LogP contribution is 2.46. The van der Waals surface area contributed by atoms with E-state index in [0.717, 1.165) is 25.7 Å². The Hall–Kier alpha value is -0.570. The van der Waals surface area contributed by atoms with Crippen molar-refractivity contribution in [2.24, 2.45) is 5.92 Å². The molecule has 0 aromatic heterocycles. The minimum Gasteiger partial charge on any atom is -0.481 e. The van der Waals surface area contributed by atoms with Crippen molar-refractivity contribution in [3.63, 3.8) is 0 Å². The van der Waals surface area contributed by atoms with Gasteiger partial charge in [-0.25, -0.2) is 0 Å². The third-order valence-corrected chi connectivity index (χ3v) is 3.50. The molecular weight excluding hydrogens is 168 g/mol. The van der Waals surface area contributed by atoms with Crippen molar-refractivity contribution in [2.45, 2.75) is 50.7 Å². The Kier molecular flexibility index (Phi) is 2.06. The number of aliphatic carboxylic acids is 1. The molecule has 1 N–H and O–H groups in total. The van der Waals surface area contributed by atoms with Crippen LogP contribution >= 0.6 is 0 Å². The summed E-state index contributed by atoms with van der Waals surface area (Å²) in [7, 11) is 0. The molecule has 74 valence electrons. The van der Waals surface area contributed by atoms with Gasteiger partial charge in [-0.05, 0) is 39.0 Å². The average Bonchev–Trinajstić information content (AvgIpc) is 2.45. The molecule has 1 spiro atoms. The quantitative estimate of drug-likeness (QED) is 0.712. The number of rotatable bonds is 2. The molecule has 1 saturated carbocycles. The van der Waals surface area contributed by atoms with Gasteiger partial charge in [0.25, 0.3) is 0 Å². The van der Waals surface area contributed by atoms with Crippen LogP contribution in [-0.2, 0) is 9.53 Å². The van der Waals surface area contributed by atoms with Gasteiger partial charge in [-0.3, -0.25) is 4.79 Å². The third-order valence-electron chi connectivity index (χ3n) is 3.50. The Bertz CT molecular complexity index is 220. The SMILES string of the molecule is CC(C(=O)O)C1CCC2(CCC2)O1. The molecule has 1 aliphatic heterocycles. The lowest BCUT2D eigenvalue weighted by atomic mass is 9.78. The summed E-state index contributed by atoms with van der Waals surface area (Å²) in [6.07, 6.45) is 5.46. The molecule has 2 fully saturated rings. The molecule has 0 amide bonds. The smallest absolute Gasteiger partial charge is 0.308 e. The Labute approximate surface area is 78.1 Å². The molecule has 1 heterocycles. The van der Waals surface area contributed by atoms with Crippen LogP contribution in [0.25, 0.3) is 0 Å². The molecule has 0 bridgehead atoms. The minimum absolute atomic E-state index is 0.0437. The van der Waals surface area contributed by atoms with E-state index in [4.69, 9.17) is 9.84 Å². The highest BCUT2D eigenvalue weighted by Gasteiger charge is 2.46. The molecule has 0 aromatic carbocycles. The highest BCUT2D eigenvalue weighted by atomic mass is 16.5. The van der Waals surface area contributed by atoms with Crippen LogP contribution in [0, 0.1) is 5.92 Å². The van der Waals surface area contributed by atoms with Gasteiger partial charge < -0.3 is 9.84 Å². The van der Waals surface area contributed by atoms with Gasteiger partial charge in [0.2, 0.25) is 0 Å². The molecular formula is C10H16O3. The van der Waals surface area contributed by atoms with Crippen molar-refractivity contribution in [3.8, 4) is 0 Å². The number of ether oxygens (including phenoxy) is 1. The zero-order chi connectivity index (χ0) is 9.47. The summed E-state index contributed by atoms with van der Waals surface area (Å²) >= 11 is 0. The Morgan fingerprint density at radius 2 is 2.23 bits per heavy atom. The first kappa shape index (κ1) is 9.00. The van der Waals surface area contributed by atoms with Gasteiger partial charge in [-0.2, -0.15) is 0 Å². The van der Waals surface area contributed by atoms with Crippen LogP contribution in [0.15, 0.2) is 0 Å². The number of hydrogen-bond donors (Lipinski definition) is 1. The van der Waals surface area contributed by atoms with Crippen LogP contribution in [-0.4, -0.2) is 22.8 Å². The topological polar surface area (TPSA) is 46.5 Å². The maximum absolute atomic E-state index is 10.7. The Morgan fingerprint density at radius 1 is 1.54 bits per heavy atom. The number of carboxylic acids is 1. The predicted molar refractivity (Wildman–Crippen MR) is 47.5 cm³/mol. The van der Waals surface area contributed by atoms with Crippen LogP contribution in [0.3, 0.4) is 0 Å². The first-order chi connectivity index (χ1) is 6.13. The van der Waals surface area contributed by atoms with Gasteiger partial charge in [-0.15, -0.1) is 0 Å². The van der Waals surface area contributed by atoms with E-state index in [-0.39, 0.29) is 17.6 Å². The van der Waals surface area contributed by atoms with Gasteiger partial charge >= 0.3 is 5.97 Å². The number of carbonyl (C=O) groups is 1. The monoisotopic (exact) mass is 184 g/mol. The number of hydrogen-bond acceptors (Lipinski definition) is 2. The van der Waals surface area contributed by atoms with Crippen molar-refractivity contribution in [2.75, 3.05) is 0 Å². The Morgan fingerprint density at radius 3 is 2.62 bits per heavy atom. The van der Waals surface area contributed by atoms with Crippen molar-refractivity contribution < 1.29 is 14.6 Å². The molecule has 2 unspecified atom stereocenters. The van der Waals surface area contributed by atoms with E-state index in [0.29, 0.717) is 0 Å². The molecule has 1 aliphatic carbocycles. The Balaban J connectivity index is 1.94. The van der Waals surface area contributed by atoms with Gasteiger partial charge in [0, 0.05) is 0 Å². The van der Waals surface area contributed by atoms with Crippen molar-refractivity contribution in [3.05, 3.63) is 0 Å². The molecule has 13 heavy (non-hydrogen) atoms. The molecule has 3 heteroatoms. The first-order valence-electron chi connectivity index (χ1n) is 5.04. The summed E-state index contributed by atoms with van der Waals surface area (Å²) in [5.41, 5.74) is 0.0916. The molecule has 2 aliphatic rings. The molecule has 2 rings (SSSR count). The summed E-state index contributed by atoms with van der Waals surface area (Å²) in [6.45, 7) is 1.74. The lowest BCUT2D eigenvalue weighted by Gasteiger charge is -2.38. The summed E-state index contributed by atoms with van der Waals surface area (Å²) in [5, 5.41) is 8.82. The van der Waals surface area contributed by atoms with E-state index < -0.39 is 5.97 Å². The van der Waals surface area contributed by atoms with E-state index in [1.807, 2.05) is 0 Å². The van der Waals surface area contributed by atoms with Crippen LogP contribution < -0.4 is 0 Å². The summed E-state index contributed by atoms with van der Waals surface area (Å²) < 4.78 is 5.83. The lowest BCUT2D eigenvalue weighted by molar-refractivity contribution is -0.152. The average molecular weight is 184 g/mol. The van der Waals surface area contributed by atoms with Crippen molar-refractivity contribution in [1.29, 1.82) is 0 Å². The van der Waals surface area contributed by atoms with E-state index in [9.17, 15) is 4.79 Å². The third kappa shape index (κ3) is 1.46. The van der Waals surface area contributed by atoms with E-state index >= 15 is 0 Å². The molecule has 0 aromatic rings. The maximum atomic E-state index is 10.7. The van der Waals surface area contributed by atoms with Crippen molar-refractivity contribution in [1.82, 2.24) is 0 Å². The molecule has 0 radical (unpaired) electrons. The number of carboxylic acid groups (broad SMARTS) is 1. The normalized spacial score (nSPS) is 32.8. The summed E-state index contributed by atoms with van der Waals surface area (Å²) in [5.74, 6) is -1.08. The minimum atomic E-state index is -0.735. The van der Waals surface area contributed by atoms with Gasteiger partial charge in [0.05, 0.1) is 17.6 Å². The predicted octanol–water partition coefficient (Wildman–Crippen LogP) is 1.81. The molecule has 1 saturated heterocycles. The van der Waals surface area contributed by atoms with Gasteiger partial charge in [-0.1, -0.05) is 0 Å². The van der Waals surface area contributed by atoms with Crippen LogP contribution in [0.4, 0.5) is 0 Å². The fourth-order valence-corrected chi connectivity index (χ4v) is 2.29. The first-order valence-corrected chi connectivity index (χ1v) is 5.04. The van der Waals surface area contributed by atoms with Crippen LogP contribution in [0.1, 0.15) is 39.0 Å². The van der Waals surface area contributed by atoms with Gasteiger partial charge in [0.15, 0.2) is 0 Å². The van der Waals surface area contributed by atoms with E-state index in [1.165, 1.54) is 6.42 Å². The lowest BCUT2D eigenvalue weighted by Crippen LogP contribution is -2.38. The summed E-state index contributed by atoms with van der Waals surface area (Å²) in [6, 6.07) is 0. The highest BCUT2D eigenvalue weighted by molar-refractivity contribution is 5.70. The molecule has 2 atom stereocenters. The van der Waals surface area contributed by atoms with Crippen LogP contribution in [0.5, 0.6) is 0 Å². The largest absolute Gasteiger partial charge is 0.481 e. The van der Waals surface area contributed by atoms with E-state index in [1.54, 1.807) is 6.92 Å². The fraction of sp³-hybridized carbons (Fsp3) is 0.900.